The van der Waals surface area contributed by atoms with Gasteiger partial charge < -0.3 is 24.8 Å². The maximum absolute atomic E-state index is 13.7. The van der Waals surface area contributed by atoms with Crippen molar-refractivity contribution in [2.45, 2.75) is 33.8 Å². The first kappa shape index (κ1) is 23.9. The predicted octanol–water partition coefficient (Wildman–Crippen LogP) is 5.31. The monoisotopic (exact) mass is 454 g/mol. The topological polar surface area (TPSA) is 96.2 Å². The standard InChI is InChI=1S/C22H24Cl2O6/c1-10(2)6-7-12-14(25)8-15(26)13(9-29-4)16(12)20(27)17-21(28)18(23)11(3)19(24)22(17)30-5/h6,8,25-26,28H,7,9H2,1-5H3. The van der Waals surface area contributed by atoms with E-state index in [4.69, 9.17) is 32.7 Å². The smallest absolute Gasteiger partial charge is 0.201 e. The summed E-state index contributed by atoms with van der Waals surface area (Å²) in [7, 11) is 2.72. The largest absolute Gasteiger partial charge is 0.507 e. The van der Waals surface area contributed by atoms with E-state index in [-0.39, 0.29) is 62.6 Å². The van der Waals surface area contributed by atoms with Crippen LogP contribution in [0.25, 0.3) is 0 Å². The zero-order valence-corrected chi connectivity index (χ0v) is 18.9. The van der Waals surface area contributed by atoms with E-state index in [1.165, 1.54) is 14.2 Å². The number of halogens is 2. The number of methoxy groups -OCH3 is 2. The molecule has 0 radical (unpaired) electrons. The molecule has 0 bridgehead atoms. The van der Waals surface area contributed by atoms with Crippen LogP contribution in [0.2, 0.25) is 10.0 Å². The molecule has 0 heterocycles. The molecule has 0 spiro atoms. The molecule has 3 N–H and O–H groups in total. The summed E-state index contributed by atoms with van der Waals surface area (Å²) < 4.78 is 10.4. The molecule has 0 fully saturated rings. The Kier molecular flexibility index (Phi) is 7.64. The number of ketones is 1. The molecular formula is C22H24Cl2O6. The van der Waals surface area contributed by atoms with Crippen LogP contribution in [0.15, 0.2) is 17.7 Å². The number of rotatable bonds is 7. The molecule has 162 valence electrons. The van der Waals surface area contributed by atoms with E-state index in [9.17, 15) is 20.1 Å². The molecule has 0 atom stereocenters. The second kappa shape index (κ2) is 9.60. The first-order valence-electron chi connectivity index (χ1n) is 9.04. The molecule has 0 saturated carbocycles. The van der Waals surface area contributed by atoms with E-state index in [2.05, 4.69) is 0 Å². The highest BCUT2D eigenvalue weighted by molar-refractivity contribution is 6.39. The molecule has 0 saturated heterocycles. The Bertz CT molecular complexity index is 1020. The second-order valence-corrected chi connectivity index (χ2v) is 7.76. The second-order valence-electron chi connectivity index (χ2n) is 7.00. The molecule has 0 aliphatic carbocycles. The van der Waals surface area contributed by atoms with Gasteiger partial charge in [0.15, 0.2) is 5.75 Å². The van der Waals surface area contributed by atoms with Crippen molar-refractivity contribution < 1.29 is 29.6 Å². The predicted molar refractivity (Wildman–Crippen MR) is 116 cm³/mol. The van der Waals surface area contributed by atoms with Crippen LogP contribution in [0.3, 0.4) is 0 Å². The lowest BCUT2D eigenvalue weighted by atomic mass is 9.89. The van der Waals surface area contributed by atoms with Crippen LogP contribution in [-0.2, 0) is 17.8 Å². The van der Waals surface area contributed by atoms with Gasteiger partial charge in [0, 0.05) is 29.9 Å². The van der Waals surface area contributed by atoms with Crippen LogP contribution < -0.4 is 4.74 Å². The van der Waals surface area contributed by atoms with Crippen LogP contribution >= 0.6 is 23.2 Å². The fourth-order valence-corrected chi connectivity index (χ4v) is 3.62. The number of hydrogen-bond acceptors (Lipinski definition) is 6. The maximum atomic E-state index is 13.7. The van der Waals surface area contributed by atoms with Crippen LogP contribution in [0, 0.1) is 6.92 Å². The van der Waals surface area contributed by atoms with E-state index in [1.807, 2.05) is 19.9 Å². The number of aromatic hydroxyl groups is 3. The fourth-order valence-electron chi connectivity index (χ4n) is 3.12. The fraction of sp³-hybridized carbons (Fsp3) is 0.318. The number of allylic oxidation sites excluding steroid dienone is 2. The highest BCUT2D eigenvalue weighted by Gasteiger charge is 2.31. The number of phenols is 3. The van der Waals surface area contributed by atoms with Gasteiger partial charge in [-0.2, -0.15) is 0 Å². The van der Waals surface area contributed by atoms with Crippen LogP contribution in [0.1, 0.15) is 46.5 Å². The zero-order valence-electron chi connectivity index (χ0n) is 17.4. The quantitative estimate of drug-likeness (QED) is 0.387. The third-order valence-corrected chi connectivity index (χ3v) is 5.60. The van der Waals surface area contributed by atoms with Crippen molar-refractivity contribution in [1.29, 1.82) is 0 Å². The van der Waals surface area contributed by atoms with Gasteiger partial charge in [-0.05, 0) is 32.8 Å². The summed E-state index contributed by atoms with van der Waals surface area (Å²) in [5.74, 6) is -1.86. The Labute approximate surface area is 185 Å². The summed E-state index contributed by atoms with van der Waals surface area (Å²) in [4.78, 5) is 13.7. The SMILES string of the molecule is COCc1c(O)cc(O)c(CC=C(C)C)c1C(=O)c1c(O)c(Cl)c(C)c(Cl)c1OC. The molecule has 8 heteroatoms. The van der Waals surface area contributed by atoms with Gasteiger partial charge in [0.1, 0.15) is 22.8 Å². The minimum absolute atomic E-state index is 0.0172. The van der Waals surface area contributed by atoms with E-state index in [0.717, 1.165) is 11.6 Å². The Hall–Kier alpha value is -2.41. The minimum atomic E-state index is -0.719. The van der Waals surface area contributed by atoms with Crippen molar-refractivity contribution >= 4 is 29.0 Å². The number of carbonyl (C=O) groups is 1. The number of phenolic OH excluding ortho intramolecular Hbond substituents is 3. The molecular weight excluding hydrogens is 431 g/mol. The van der Waals surface area contributed by atoms with E-state index >= 15 is 0 Å². The third kappa shape index (κ3) is 4.36. The average Bonchev–Trinajstić information content (AvgIpc) is 2.69. The van der Waals surface area contributed by atoms with Gasteiger partial charge in [0.25, 0.3) is 0 Å². The Morgan fingerprint density at radius 3 is 2.17 bits per heavy atom. The Balaban J connectivity index is 2.93. The lowest BCUT2D eigenvalue weighted by molar-refractivity contribution is 0.102. The van der Waals surface area contributed by atoms with E-state index in [0.29, 0.717) is 5.56 Å². The van der Waals surface area contributed by atoms with Crippen molar-refractivity contribution in [3.05, 3.63) is 55.6 Å². The van der Waals surface area contributed by atoms with Crippen molar-refractivity contribution in [2.75, 3.05) is 14.2 Å². The lowest BCUT2D eigenvalue weighted by Gasteiger charge is -2.20. The molecule has 2 aromatic rings. The van der Waals surface area contributed by atoms with Gasteiger partial charge >= 0.3 is 0 Å². The molecule has 0 amide bonds. The van der Waals surface area contributed by atoms with E-state index in [1.54, 1.807) is 6.92 Å². The first-order chi connectivity index (χ1) is 14.1. The molecule has 0 aliphatic heterocycles. The number of ether oxygens (including phenoxy) is 2. The summed E-state index contributed by atoms with van der Waals surface area (Å²) in [5, 5.41) is 31.5. The average molecular weight is 455 g/mol. The van der Waals surface area contributed by atoms with E-state index < -0.39 is 11.5 Å². The van der Waals surface area contributed by atoms with Crippen molar-refractivity contribution in [2.24, 2.45) is 0 Å². The summed E-state index contributed by atoms with van der Waals surface area (Å²) in [5.41, 5.74) is 1.46. The normalized spacial score (nSPS) is 10.8. The minimum Gasteiger partial charge on any atom is -0.507 e. The molecule has 0 aromatic heterocycles. The van der Waals surface area contributed by atoms with Crippen molar-refractivity contribution in [3.63, 3.8) is 0 Å². The van der Waals surface area contributed by atoms with Gasteiger partial charge in [0.05, 0.1) is 23.8 Å². The van der Waals surface area contributed by atoms with Gasteiger partial charge in [0.2, 0.25) is 5.78 Å². The summed E-state index contributed by atoms with van der Waals surface area (Å²) in [6.07, 6.45) is 2.04. The Morgan fingerprint density at radius 1 is 1.03 bits per heavy atom. The number of hydrogen-bond donors (Lipinski definition) is 3. The maximum Gasteiger partial charge on any atom is 0.201 e. The van der Waals surface area contributed by atoms with Gasteiger partial charge in [-0.3, -0.25) is 4.79 Å². The van der Waals surface area contributed by atoms with Gasteiger partial charge in [-0.15, -0.1) is 0 Å². The molecule has 0 unspecified atom stereocenters. The summed E-state index contributed by atoms with van der Waals surface area (Å²) in [6, 6.07) is 1.16. The molecule has 0 aliphatic rings. The van der Waals surface area contributed by atoms with Crippen LogP contribution in [0.5, 0.6) is 23.0 Å². The number of benzene rings is 2. The van der Waals surface area contributed by atoms with Gasteiger partial charge in [-0.25, -0.2) is 0 Å². The molecule has 6 nitrogen and oxygen atoms in total. The summed E-state index contributed by atoms with van der Waals surface area (Å²) in [6.45, 7) is 5.23. The molecule has 2 aromatic carbocycles. The zero-order chi connectivity index (χ0) is 22.7. The van der Waals surface area contributed by atoms with Crippen LogP contribution in [0.4, 0.5) is 0 Å². The van der Waals surface area contributed by atoms with Crippen molar-refractivity contribution in [1.82, 2.24) is 0 Å². The molecule has 30 heavy (non-hydrogen) atoms. The van der Waals surface area contributed by atoms with Gasteiger partial charge in [-0.1, -0.05) is 34.9 Å². The first-order valence-corrected chi connectivity index (χ1v) is 9.80. The van der Waals surface area contributed by atoms with Crippen molar-refractivity contribution in [3.8, 4) is 23.0 Å². The summed E-state index contributed by atoms with van der Waals surface area (Å²) >= 11 is 12.5. The Morgan fingerprint density at radius 2 is 1.63 bits per heavy atom. The lowest BCUT2D eigenvalue weighted by Crippen LogP contribution is -2.13. The van der Waals surface area contributed by atoms with Crippen LogP contribution in [-0.4, -0.2) is 35.3 Å². The number of carbonyl (C=O) groups excluding carboxylic acids is 1. The highest BCUT2D eigenvalue weighted by atomic mass is 35.5. The molecule has 2 rings (SSSR count). The third-order valence-electron chi connectivity index (χ3n) is 4.69. The highest BCUT2D eigenvalue weighted by Crippen LogP contribution is 2.46.